The third-order valence-electron chi connectivity index (χ3n) is 3.24. The fraction of sp³-hybridized carbons (Fsp3) is 1.00. The predicted octanol–water partition coefficient (Wildman–Crippen LogP) is 2.09. The Morgan fingerprint density at radius 2 is 1.82 bits per heavy atom. The van der Waals surface area contributed by atoms with Gasteiger partial charge in [-0.1, -0.05) is 13.3 Å². The van der Waals surface area contributed by atoms with Crippen molar-refractivity contribution in [3.8, 4) is 0 Å². The maximum absolute atomic E-state index is 11.6. The van der Waals surface area contributed by atoms with Crippen molar-refractivity contribution in [2.75, 3.05) is 0 Å². The van der Waals surface area contributed by atoms with Gasteiger partial charge < -0.3 is 0 Å². The van der Waals surface area contributed by atoms with Crippen LogP contribution in [0.15, 0.2) is 0 Å². The smallest absolute Gasteiger partial charge is 0.0353 e. The molecule has 2 heteroatoms. The van der Waals surface area contributed by atoms with Crippen LogP contribution in [0.4, 0.5) is 0 Å². The van der Waals surface area contributed by atoms with E-state index in [1.807, 2.05) is 0 Å². The number of hydrogen-bond acceptors (Lipinski definition) is 1. The van der Waals surface area contributed by atoms with E-state index in [0.717, 1.165) is 5.92 Å². The Balaban J connectivity index is 2.08. The molecule has 2 saturated heterocycles. The van der Waals surface area contributed by atoms with Crippen LogP contribution in [0.2, 0.25) is 0 Å². The summed E-state index contributed by atoms with van der Waals surface area (Å²) in [5, 5.41) is 1.16. The molecule has 0 aromatic heterocycles. The van der Waals surface area contributed by atoms with Gasteiger partial charge in [-0.25, -0.2) is 0 Å². The van der Waals surface area contributed by atoms with Gasteiger partial charge in [0.2, 0.25) is 0 Å². The van der Waals surface area contributed by atoms with Gasteiger partial charge in [-0.15, -0.1) is 0 Å². The minimum Gasteiger partial charge on any atom is -0.259 e. The molecule has 2 unspecified atom stereocenters. The summed E-state index contributed by atoms with van der Waals surface area (Å²) in [6, 6.07) is 0. The first kappa shape index (κ1) is 7.78. The predicted molar refractivity (Wildman–Crippen MR) is 48.0 cm³/mol. The van der Waals surface area contributed by atoms with Crippen molar-refractivity contribution in [2.45, 2.75) is 49.5 Å². The molecule has 0 amide bonds. The first-order valence-corrected chi connectivity index (χ1v) is 5.98. The average molecular weight is 172 g/mol. The highest BCUT2D eigenvalue weighted by molar-refractivity contribution is 7.86. The van der Waals surface area contributed by atoms with Crippen LogP contribution < -0.4 is 0 Å². The topological polar surface area (TPSA) is 17.1 Å². The highest BCUT2D eigenvalue weighted by Gasteiger charge is 2.39. The van der Waals surface area contributed by atoms with Crippen molar-refractivity contribution < 1.29 is 4.21 Å². The maximum Gasteiger partial charge on any atom is 0.0353 e. The highest BCUT2D eigenvalue weighted by atomic mass is 32.2. The van der Waals surface area contributed by atoms with Gasteiger partial charge in [0, 0.05) is 21.3 Å². The lowest BCUT2D eigenvalue weighted by atomic mass is 9.97. The Hall–Kier alpha value is 0.150. The van der Waals surface area contributed by atoms with Crippen LogP contribution in [0.1, 0.15) is 39.0 Å². The summed E-state index contributed by atoms with van der Waals surface area (Å²) in [7, 11) is -0.441. The SMILES string of the molecule is CCC1CC2CCC(C1)S2=O. The van der Waals surface area contributed by atoms with Crippen molar-refractivity contribution in [2.24, 2.45) is 5.92 Å². The van der Waals surface area contributed by atoms with Gasteiger partial charge in [-0.05, 0) is 31.6 Å². The Labute approximate surface area is 71.0 Å². The Morgan fingerprint density at radius 1 is 1.27 bits per heavy atom. The minimum absolute atomic E-state index is 0.441. The van der Waals surface area contributed by atoms with Crippen LogP contribution in [-0.4, -0.2) is 14.7 Å². The van der Waals surface area contributed by atoms with E-state index in [2.05, 4.69) is 6.92 Å². The average Bonchev–Trinajstić information content (AvgIpc) is 2.26. The lowest BCUT2D eigenvalue weighted by Gasteiger charge is -2.25. The molecule has 2 aliphatic rings. The molecule has 0 N–H and O–H groups in total. The van der Waals surface area contributed by atoms with Crippen LogP contribution in [0.3, 0.4) is 0 Å². The molecule has 64 valence electrons. The van der Waals surface area contributed by atoms with Crippen molar-refractivity contribution in [1.29, 1.82) is 0 Å². The lowest BCUT2D eigenvalue weighted by molar-refractivity contribution is 0.430. The zero-order chi connectivity index (χ0) is 7.84. The normalized spacial score (nSPS) is 49.5. The minimum atomic E-state index is -0.441. The van der Waals surface area contributed by atoms with Crippen molar-refractivity contribution in [1.82, 2.24) is 0 Å². The molecule has 2 bridgehead atoms. The molecule has 0 saturated carbocycles. The second-order valence-corrected chi connectivity index (χ2v) is 5.89. The number of fused-ring (bicyclic) bond motifs is 2. The molecule has 0 aromatic rings. The van der Waals surface area contributed by atoms with Gasteiger partial charge in [0.25, 0.3) is 0 Å². The van der Waals surface area contributed by atoms with Crippen molar-refractivity contribution >= 4 is 10.8 Å². The summed E-state index contributed by atoms with van der Waals surface area (Å²) in [5.41, 5.74) is 0. The van der Waals surface area contributed by atoms with Gasteiger partial charge in [0.05, 0.1) is 0 Å². The number of hydrogen-bond donors (Lipinski definition) is 0. The molecule has 0 spiro atoms. The monoisotopic (exact) mass is 172 g/mol. The molecule has 2 atom stereocenters. The van der Waals surface area contributed by atoms with E-state index in [9.17, 15) is 4.21 Å². The molecule has 2 rings (SSSR count). The zero-order valence-corrected chi connectivity index (χ0v) is 7.90. The van der Waals surface area contributed by atoms with Gasteiger partial charge >= 0.3 is 0 Å². The van der Waals surface area contributed by atoms with Crippen molar-refractivity contribution in [3.05, 3.63) is 0 Å². The Kier molecular flexibility index (Phi) is 2.04. The van der Waals surface area contributed by atoms with Gasteiger partial charge in [-0.2, -0.15) is 0 Å². The molecule has 1 nitrogen and oxygen atoms in total. The molecule has 11 heavy (non-hydrogen) atoms. The van der Waals surface area contributed by atoms with E-state index in [4.69, 9.17) is 0 Å². The second-order valence-electron chi connectivity index (χ2n) is 3.90. The van der Waals surface area contributed by atoms with Gasteiger partial charge in [0.15, 0.2) is 0 Å². The fourth-order valence-corrected chi connectivity index (χ4v) is 4.68. The van der Waals surface area contributed by atoms with Gasteiger partial charge in [0.1, 0.15) is 0 Å². The van der Waals surface area contributed by atoms with E-state index in [1.54, 1.807) is 0 Å². The van der Waals surface area contributed by atoms with Crippen LogP contribution in [0.25, 0.3) is 0 Å². The number of rotatable bonds is 1. The largest absolute Gasteiger partial charge is 0.259 e. The maximum atomic E-state index is 11.6. The molecule has 0 aliphatic carbocycles. The fourth-order valence-electron chi connectivity index (χ4n) is 2.47. The van der Waals surface area contributed by atoms with E-state index >= 15 is 0 Å². The van der Waals surface area contributed by atoms with Crippen LogP contribution in [0, 0.1) is 5.92 Å². The zero-order valence-electron chi connectivity index (χ0n) is 7.08. The van der Waals surface area contributed by atoms with E-state index in [1.165, 1.54) is 32.1 Å². The van der Waals surface area contributed by atoms with Gasteiger partial charge in [-0.3, -0.25) is 4.21 Å². The van der Waals surface area contributed by atoms with E-state index < -0.39 is 10.8 Å². The molecular formula is C9H16OS. The molecule has 2 heterocycles. The van der Waals surface area contributed by atoms with Crippen molar-refractivity contribution in [3.63, 3.8) is 0 Å². The first-order valence-electron chi connectivity index (χ1n) is 4.70. The van der Waals surface area contributed by atoms with E-state index in [-0.39, 0.29) is 0 Å². The third-order valence-corrected chi connectivity index (χ3v) is 5.41. The standard InChI is InChI=1S/C9H16OS/c1-2-7-5-8-3-4-9(6-7)11(8)10/h7-9H,2-6H2,1H3. The summed E-state index contributed by atoms with van der Waals surface area (Å²) < 4.78 is 11.6. The summed E-state index contributed by atoms with van der Waals surface area (Å²) in [6.07, 6.45) is 6.28. The lowest BCUT2D eigenvalue weighted by Crippen LogP contribution is -2.27. The summed E-state index contributed by atoms with van der Waals surface area (Å²) in [6.45, 7) is 2.26. The van der Waals surface area contributed by atoms with Crippen LogP contribution >= 0.6 is 0 Å². The molecular weight excluding hydrogens is 156 g/mol. The Bertz CT molecular complexity index is 162. The first-order chi connectivity index (χ1) is 5.31. The van der Waals surface area contributed by atoms with Crippen LogP contribution in [0.5, 0.6) is 0 Å². The highest BCUT2D eigenvalue weighted by Crippen LogP contribution is 2.39. The van der Waals surface area contributed by atoms with Crippen LogP contribution in [-0.2, 0) is 10.8 Å². The summed E-state index contributed by atoms with van der Waals surface area (Å²) in [4.78, 5) is 0. The molecule has 0 radical (unpaired) electrons. The Morgan fingerprint density at radius 3 is 2.27 bits per heavy atom. The molecule has 2 fully saturated rings. The van der Waals surface area contributed by atoms with E-state index in [0.29, 0.717) is 10.5 Å². The summed E-state index contributed by atoms with van der Waals surface area (Å²) >= 11 is 0. The summed E-state index contributed by atoms with van der Waals surface area (Å²) in [5.74, 6) is 0.894. The second kappa shape index (κ2) is 2.89. The quantitative estimate of drug-likeness (QED) is 0.592. The molecule has 2 aliphatic heterocycles. The molecule has 0 aromatic carbocycles. The third kappa shape index (κ3) is 1.26.